The van der Waals surface area contributed by atoms with Crippen LogP contribution in [0.2, 0.25) is 0 Å². The molecule has 1 aromatic carbocycles. The summed E-state index contributed by atoms with van der Waals surface area (Å²) in [6, 6.07) is 10.1. The lowest BCUT2D eigenvalue weighted by atomic mass is 10.2. The van der Waals surface area contributed by atoms with Crippen LogP contribution in [0.5, 0.6) is 0 Å². The fraction of sp³-hybridized carbons (Fsp3) is 0.364. The van der Waals surface area contributed by atoms with Crippen LogP contribution in [0.1, 0.15) is 12.0 Å². The Hall–Kier alpha value is -0.580. The highest BCUT2D eigenvalue weighted by Crippen LogP contribution is 2.20. The second-order valence-corrected chi connectivity index (χ2v) is 5.32. The van der Waals surface area contributed by atoms with E-state index in [1.54, 1.807) is 0 Å². The van der Waals surface area contributed by atoms with Crippen molar-refractivity contribution in [2.45, 2.75) is 16.9 Å². The molecular formula is C11H12INO. The van der Waals surface area contributed by atoms with Gasteiger partial charge in [0.2, 0.25) is 5.91 Å². The first kappa shape index (κ1) is 9.96. The summed E-state index contributed by atoms with van der Waals surface area (Å²) in [6.07, 6.45) is 0.702. The molecule has 2 rings (SSSR count). The highest BCUT2D eigenvalue weighted by atomic mass is 127. The molecule has 0 aromatic heterocycles. The predicted octanol–water partition coefficient (Wildman–Crippen LogP) is 2.22. The minimum absolute atomic E-state index is 0.285. The average Bonchev–Trinajstić information content (AvgIpc) is 2.47. The van der Waals surface area contributed by atoms with Crippen LogP contribution in [-0.2, 0) is 11.3 Å². The van der Waals surface area contributed by atoms with E-state index in [2.05, 4.69) is 34.7 Å². The molecule has 0 bridgehead atoms. The molecule has 1 aromatic rings. The third-order valence-electron chi connectivity index (χ3n) is 2.38. The summed E-state index contributed by atoms with van der Waals surface area (Å²) >= 11 is 2.34. The number of carbonyl (C=O) groups excluding carboxylic acids is 1. The van der Waals surface area contributed by atoms with Crippen LogP contribution >= 0.6 is 22.6 Å². The predicted molar refractivity (Wildman–Crippen MR) is 64.3 cm³/mol. The molecule has 0 N–H and O–H groups in total. The fourth-order valence-corrected chi connectivity index (χ4v) is 2.53. The monoisotopic (exact) mass is 301 g/mol. The van der Waals surface area contributed by atoms with E-state index in [1.807, 2.05) is 23.1 Å². The number of halogens is 1. The molecule has 0 radical (unpaired) electrons. The molecule has 1 aliphatic heterocycles. The fourth-order valence-electron chi connectivity index (χ4n) is 1.68. The van der Waals surface area contributed by atoms with Crippen LogP contribution < -0.4 is 0 Å². The molecule has 14 heavy (non-hydrogen) atoms. The Bertz CT molecular complexity index is 325. The standard InChI is InChI=1S/C11H12INO/c12-10-6-11(14)13(8-10)7-9-4-2-1-3-5-9/h1-5,10H,6-8H2. The highest BCUT2D eigenvalue weighted by Gasteiger charge is 2.27. The van der Waals surface area contributed by atoms with Crippen molar-refractivity contribution in [2.24, 2.45) is 0 Å². The van der Waals surface area contributed by atoms with E-state index < -0.39 is 0 Å². The molecule has 0 aliphatic carbocycles. The number of benzene rings is 1. The van der Waals surface area contributed by atoms with Crippen LogP contribution in [-0.4, -0.2) is 21.3 Å². The Morgan fingerprint density at radius 3 is 2.64 bits per heavy atom. The van der Waals surface area contributed by atoms with E-state index in [0.717, 1.165) is 13.1 Å². The van der Waals surface area contributed by atoms with Gasteiger partial charge in [-0.1, -0.05) is 52.9 Å². The van der Waals surface area contributed by atoms with Crippen molar-refractivity contribution < 1.29 is 4.79 Å². The van der Waals surface area contributed by atoms with Gasteiger partial charge in [-0.3, -0.25) is 4.79 Å². The summed E-state index contributed by atoms with van der Waals surface area (Å²) in [5.74, 6) is 0.285. The molecule has 1 amide bonds. The van der Waals surface area contributed by atoms with Crippen molar-refractivity contribution in [1.82, 2.24) is 4.90 Å². The van der Waals surface area contributed by atoms with Gasteiger partial charge in [-0.25, -0.2) is 0 Å². The summed E-state index contributed by atoms with van der Waals surface area (Å²) in [4.78, 5) is 13.4. The molecule has 2 nitrogen and oxygen atoms in total. The molecule has 1 heterocycles. The van der Waals surface area contributed by atoms with Crippen LogP contribution in [0.15, 0.2) is 30.3 Å². The Morgan fingerprint density at radius 1 is 1.36 bits per heavy atom. The quantitative estimate of drug-likeness (QED) is 0.606. The maximum atomic E-state index is 11.5. The van der Waals surface area contributed by atoms with Crippen molar-refractivity contribution >= 4 is 28.5 Å². The molecule has 1 atom stereocenters. The van der Waals surface area contributed by atoms with Crippen LogP contribution in [0.4, 0.5) is 0 Å². The van der Waals surface area contributed by atoms with Gasteiger partial charge >= 0.3 is 0 Å². The number of carbonyl (C=O) groups is 1. The minimum Gasteiger partial charge on any atom is -0.337 e. The lowest BCUT2D eigenvalue weighted by Crippen LogP contribution is -2.24. The largest absolute Gasteiger partial charge is 0.337 e. The van der Waals surface area contributed by atoms with Gasteiger partial charge in [0.1, 0.15) is 0 Å². The zero-order chi connectivity index (χ0) is 9.97. The average molecular weight is 301 g/mol. The van der Waals surface area contributed by atoms with Crippen molar-refractivity contribution in [3.05, 3.63) is 35.9 Å². The van der Waals surface area contributed by atoms with E-state index >= 15 is 0 Å². The van der Waals surface area contributed by atoms with Crippen LogP contribution in [0, 0.1) is 0 Å². The minimum atomic E-state index is 0.285. The summed E-state index contributed by atoms with van der Waals surface area (Å²) < 4.78 is 0.490. The van der Waals surface area contributed by atoms with E-state index in [4.69, 9.17) is 0 Å². The summed E-state index contributed by atoms with van der Waals surface area (Å²) in [6.45, 7) is 1.66. The third kappa shape index (κ3) is 2.26. The zero-order valence-corrected chi connectivity index (χ0v) is 9.98. The number of amides is 1. The van der Waals surface area contributed by atoms with E-state index in [0.29, 0.717) is 10.3 Å². The number of alkyl halides is 1. The summed E-state index contributed by atoms with van der Waals surface area (Å²) in [5, 5.41) is 0. The maximum Gasteiger partial charge on any atom is 0.224 e. The maximum absolute atomic E-state index is 11.5. The van der Waals surface area contributed by atoms with Gasteiger partial charge in [0, 0.05) is 23.4 Å². The van der Waals surface area contributed by atoms with Crippen molar-refractivity contribution in [3.63, 3.8) is 0 Å². The van der Waals surface area contributed by atoms with Crippen molar-refractivity contribution in [2.75, 3.05) is 6.54 Å². The number of hydrogen-bond donors (Lipinski definition) is 0. The molecule has 0 spiro atoms. The number of hydrogen-bond acceptors (Lipinski definition) is 1. The van der Waals surface area contributed by atoms with E-state index in [1.165, 1.54) is 5.56 Å². The lowest BCUT2D eigenvalue weighted by molar-refractivity contribution is -0.128. The van der Waals surface area contributed by atoms with Crippen molar-refractivity contribution in [3.8, 4) is 0 Å². The van der Waals surface area contributed by atoms with Crippen LogP contribution in [0.25, 0.3) is 0 Å². The Labute approximate surface area is 97.4 Å². The van der Waals surface area contributed by atoms with Gasteiger partial charge in [0.15, 0.2) is 0 Å². The van der Waals surface area contributed by atoms with Gasteiger partial charge in [0.05, 0.1) is 0 Å². The molecule has 74 valence electrons. The molecule has 1 saturated heterocycles. The smallest absolute Gasteiger partial charge is 0.224 e. The Kier molecular flexibility index (Phi) is 3.05. The molecule has 1 unspecified atom stereocenters. The van der Waals surface area contributed by atoms with Gasteiger partial charge < -0.3 is 4.90 Å². The second kappa shape index (κ2) is 4.29. The zero-order valence-electron chi connectivity index (χ0n) is 7.82. The summed E-state index contributed by atoms with van der Waals surface area (Å²) in [5.41, 5.74) is 1.21. The number of rotatable bonds is 2. The third-order valence-corrected chi connectivity index (χ3v) is 3.22. The van der Waals surface area contributed by atoms with Gasteiger partial charge in [-0.15, -0.1) is 0 Å². The number of nitrogens with zero attached hydrogens (tertiary/aromatic N) is 1. The molecule has 1 fully saturated rings. The normalized spacial score (nSPS) is 21.6. The molecule has 3 heteroatoms. The Morgan fingerprint density at radius 2 is 2.07 bits per heavy atom. The summed E-state index contributed by atoms with van der Waals surface area (Å²) in [7, 11) is 0. The first-order valence-electron chi connectivity index (χ1n) is 4.71. The first-order valence-corrected chi connectivity index (χ1v) is 5.96. The van der Waals surface area contributed by atoms with E-state index in [9.17, 15) is 4.79 Å². The van der Waals surface area contributed by atoms with Gasteiger partial charge in [0.25, 0.3) is 0 Å². The topological polar surface area (TPSA) is 20.3 Å². The molecule has 1 aliphatic rings. The second-order valence-electron chi connectivity index (χ2n) is 3.56. The molecule has 0 saturated carbocycles. The number of likely N-dealkylation sites (tertiary alicyclic amines) is 1. The van der Waals surface area contributed by atoms with Crippen molar-refractivity contribution in [1.29, 1.82) is 0 Å². The Balaban J connectivity index is 2.02. The van der Waals surface area contributed by atoms with Gasteiger partial charge in [-0.2, -0.15) is 0 Å². The highest BCUT2D eigenvalue weighted by molar-refractivity contribution is 14.1. The first-order chi connectivity index (χ1) is 6.75. The van der Waals surface area contributed by atoms with Gasteiger partial charge in [-0.05, 0) is 5.56 Å². The lowest BCUT2D eigenvalue weighted by Gasteiger charge is -2.15. The SMILES string of the molecule is O=C1CC(I)CN1Cc1ccccc1. The van der Waals surface area contributed by atoms with E-state index in [-0.39, 0.29) is 5.91 Å². The van der Waals surface area contributed by atoms with Crippen LogP contribution in [0.3, 0.4) is 0 Å². The molecular weight excluding hydrogens is 289 g/mol.